The lowest BCUT2D eigenvalue weighted by molar-refractivity contribution is -0.870. The number of rotatable bonds is 53. The molecule has 0 aromatic heterocycles. The van der Waals surface area contributed by atoms with Gasteiger partial charge in [-0.3, -0.25) is 14.2 Å². The molecule has 0 amide bonds. The van der Waals surface area contributed by atoms with Crippen LogP contribution in [0.25, 0.3) is 0 Å². The monoisotopic (exact) mass is 1030 g/mol. The number of nitrogens with zero attached hydrogens (tertiary/aromatic N) is 1. The van der Waals surface area contributed by atoms with Crippen molar-refractivity contribution in [3.05, 3.63) is 85.1 Å². The summed E-state index contributed by atoms with van der Waals surface area (Å²) in [5, 5.41) is 0. The number of hydrogen-bond acceptors (Lipinski definition) is 8. The molecule has 0 spiro atoms. The van der Waals surface area contributed by atoms with Crippen molar-refractivity contribution in [3.63, 3.8) is 0 Å². The number of carbonyl (C=O) groups is 2. The molecule has 0 bridgehead atoms. The van der Waals surface area contributed by atoms with E-state index in [1.807, 2.05) is 21.1 Å². The fourth-order valence-corrected chi connectivity index (χ4v) is 8.62. The molecule has 416 valence electrons. The summed E-state index contributed by atoms with van der Waals surface area (Å²) in [5.74, 6) is -0.842. The Morgan fingerprint density at radius 3 is 1.18 bits per heavy atom. The van der Waals surface area contributed by atoms with Crippen LogP contribution in [0.2, 0.25) is 0 Å². The van der Waals surface area contributed by atoms with Gasteiger partial charge in [0.1, 0.15) is 19.8 Å². The summed E-state index contributed by atoms with van der Waals surface area (Å²) in [4.78, 5) is 37.9. The van der Waals surface area contributed by atoms with Crippen molar-refractivity contribution in [3.8, 4) is 0 Å². The van der Waals surface area contributed by atoms with E-state index in [2.05, 4.69) is 98.9 Å². The third-order valence-corrected chi connectivity index (χ3v) is 13.4. The molecule has 0 radical (unpaired) electrons. The van der Waals surface area contributed by atoms with Gasteiger partial charge in [0.25, 0.3) is 7.82 Å². The molecule has 2 unspecified atom stereocenters. The van der Waals surface area contributed by atoms with E-state index in [-0.39, 0.29) is 32.0 Å². The second-order valence-electron chi connectivity index (χ2n) is 20.6. The van der Waals surface area contributed by atoms with Crippen molar-refractivity contribution in [2.45, 2.75) is 251 Å². The Kier molecular flexibility index (Phi) is 51.0. The Morgan fingerprint density at radius 2 is 0.792 bits per heavy atom. The highest BCUT2D eigenvalue weighted by molar-refractivity contribution is 7.45. The van der Waals surface area contributed by atoms with E-state index in [1.54, 1.807) is 0 Å². The first-order valence-electron chi connectivity index (χ1n) is 29.3. The van der Waals surface area contributed by atoms with Crippen LogP contribution >= 0.6 is 7.82 Å². The molecule has 0 fully saturated rings. The first-order chi connectivity index (χ1) is 35.0. The molecule has 0 N–H and O–H groups in total. The van der Waals surface area contributed by atoms with Crippen molar-refractivity contribution in [1.82, 2.24) is 0 Å². The predicted molar refractivity (Wildman–Crippen MR) is 305 cm³/mol. The fraction of sp³-hybridized carbons (Fsp3) is 0.742. The van der Waals surface area contributed by atoms with E-state index in [1.165, 1.54) is 122 Å². The topological polar surface area (TPSA) is 111 Å². The maximum absolute atomic E-state index is 12.8. The SMILES string of the molecule is CC/C=C\C/C=C\C/C=C\C/C=C\CCCCCCCCCCCCC(=O)OC(COC(=O)CCCCCCCCCCCC/C=C\C/C=C\C/C=C\CCCCCCC)COP(=O)([O-])OCC[N+](C)(C)C. The van der Waals surface area contributed by atoms with E-state index >= 15 is 0 Å². The molecule has 0 aliphatic carbocycles. The van der Waals surface area contributed by atoms with Crippen molar-refractivity contribution in [2.24, 2.45) is 0 Å². The van der Waals surface area contributed by atoms with Crippen LogP contribution in [0.4, 0.5) is 0 Å². The van der Waals surface area contributed by atoms with Crippen LogP contribution in [-0.4, -0.2) is 70.0 Å². The zero-order chi connectivity index (χ0) is 52.7. The average molecular weight is 1030 g/mol. The van der Waals surface area contributed by atoms with Gasteiger partial charge in [-0.25, -0.2) is 0 Å². The number of hydrogen-bond donors (Lipinski definition) is 0. The van der Waals surface area contributed by atoms with Crippen LogP contribution in [0.3, 0.4) is 0 Å². The molecule has 10 heteroatoms. The Morgan fingerprint density at radius 1 is 0.444 bits per heavy atom. The molecule has 0 saturated carbocycles. The third kappa shape index (κ3) is 56.5. The molecule has 0 aliphatic rings. The molecule has 2 atom stereocenters. The largest absolute Gasteiger partial charge is 0.756 e. The Hall–Kier alpha value is -2.81. The number of ether oxygens (including phenoxy) is 2. The van der Waals surface area contributed by atoms with Crippen molar-refractivity contribution >= 4 is 19.8 Å². The van der Waals surface area contributed by atoms with Crippen LogP contribution < -0.4 is 4.89 Å². The van der Waals surface area contributed by atoms with Crippen LogP contribution in [0.5, 0.6) is 0 Å². The number of carbonyl (C=O) groups excluding carboxylic acids is 2. The quantitative estimate of drug-likeness (QED) is 0.0195. The fourth-order valence-electron chi connectivity index (χ4n) is 7.89. The number of likely N-dealkylation sites (N-methyl/N-ethyl adjacent to an activating group) is 1. The van der Waals surface area contributed by atoms with Gasteiger partial charge in [0.15, 0.2) is 6.10 Å². The summed E-state index contributed by atoms with van der Waals surface area (Å²) in [6.07, 6.45) is 70.5. The molecule has 0 rings (SSSR count). The smallest absolute Gasteiger partial charge is 0.306 e. The van der Waals surface area contributed by atoms with Gasteiger partial charge in [0, 0.05) is 12.8 Å². The lowest BCUT2D eigenvalue weighted by atomic mass is 10.0. The number of esters is 2. The first kappa shape index (κ1) is 69.2. The normalized spacial score (nSPS) is 13.9. The molecule has 72 heavy (non-hydrogen) atoms. The Bertz CT molecular complexity index is 1490. The van der Waals surface area contributed by atoms with Gasteiger partial charge in [0.05, 0.1) is 27.7 Å². The van der Waals surface area contributed by atoms with Crippen molar-refractivity contribution in [1.29, 1.82) is 0 Å². The summed E-state index contributed by atoms with van der Waals surface area (Å²) in [7, 11) is 1.15. The first-order valence-corrected chi connectivity index (χ1v) is 30.8. The Balaban J connectivity index is 4.19. The van der Waals surface area contributed by atoms with Gasteiger partial charge in [-0.15, -0.1) is 0 Å². The van der Waals surface area contributed by atoms with Crippen LogP contribution in [0.1, 0.15) is 245 Å². The predicted octanol–water partition coefficient (Wildman–Crippen LogP) is 17.6. The third-order valence-electron chi connectivity index (χ3n) is 12.4. The highest BCUT2D eigenvalue weighted by Gasteiger charge is 2.22. The van der Waals surface area contributed by atoms with Crippen molar-refractivity contribution < 1.29 is 42.1 Å². The van der Waals surface area contributed by atoms with E-state index in [0.29, 0.717) is 17.4 Å². The highest BCUT2D eigenvalue weighted by atomic mass is 31.2. The van der Waals surface area contributed by atoms with E-state index in [0.717, 1.165) is 89.9 Å². The molecule has 0 aliphatic heterocycles. The second-order valence-corrected chi connectivity index (χ2v) is 22.0. The molecular weight excluding hydrogens is 918 g/mol. The van der Waals surface area contributed by atoms with Crippen molar-refractivity contribution in [2.75, 3.05) is 47.5 Å². The van der Waals surface area contributed by atoms with E-state index in [9.17, 15) is 19.0 Å². The summed E-state index contributed by atoms with van der Waals surface area (Å²) in [6, 6.07) is 0. The second kappa shape index (κ2) is 53.0. The summed E-state index contributed by atoms with van der Waals surface area (Å²) in [6.45, 7) is 4.12. The molecule has 9 nitrogen and oxygen atoms in total. The maximum Gasteiger partial charge on any atom is 0.306 e. The highest BCUT2D eigenvalue weighted by Crippen LogP contribution is 2.38. The molecular formula is C62H110NO8P. The van der Waals surface area contributed by atoms with Crippen LogP contribution in [0.15, 0.2) is 85.1 Å². The minimum absolute atomic E-state index is 0.0359. The maximum atomic E-state index is 12.8. The minimum Gasteiger partial charge on any atom is -0.756 e. The van der Waals surface area contributed by atoms with E-state index < -0.39 is 26.5 Å². The van der Waals surface area contributed by atoms with Gasteiger partial charge in [-0.2, -0.15) is 0 Å². The zero-order valence-electron chi connectivity index (χ0n) is 47.1. The number of phosphoric ester groups is 1. The minimum atomic E-state index is -4.64. The van der Waals surface area contributed by atoms with Crippen LogP contribution in [-0.2, 0) is 32.7 Å². The zero-order valence-corrected chi connectivity index (χ0v) is 48.0. The van der Waals surface area contributed by atoms with Gasteiger partial charge in [0.2, 0.25) is 0 Å². The molecule has 0 aromatic rings. The lowest BCUT2D eigenvalue weighted by Gasteiger charge is -2.28. The molecule has 0 heterocycles. The number of phosphoric acid groups is 1. The lowest BCUT2D eigenvalue weighted by Crippen LogP contribution is -2.37. The summed E-state index contributed by atoms with van der Waals surface area (Å²) in [5.41, 5.74) is 0. The number of quaternary nitrogens is 1. The van der Waals surface area contributed by atoms with E-state index in [4.69, 9.17) is 18.5 Å². The molecule has 0 saturated heterocycles. The van der Waals surface area contributed by atoms with Gasteiger partial charge in [-0.1, -0.05) is 227 Å². The number of allylic oxidation sites excluding steroid dienone is 14. The average Bonchev–Trinajstić information content (AvgIpc) is 3.34. The van der Waals surface area contributed by atoms with Gasteiger partial charge < -0.3 is 27.9 Å². The standard InChI is InChI=1S/C62H110NO8P/c1-6-8-10-12-14-16-18-20-22-24-26-28-30-31-33-34-36-38-40-42-44-46-48-50-52-54-61(64)68-58-60(59-70-72(66,67)69-57-56-63(3,4)5)71-62(65)55-53-51-49-47-45-43-41-39-37-35-32-29-27-25-23-21-19-17-15-13-11-9-7-2/h9,11,15,17-18,20-21,23-24,26-27,29-31,60H,6-8,10,12-14,16,19,22,25,28,32-59H2,1-5H3/b11-9-,17-15-,20-18-,23-21-,26-24-,29-27-,31-30-. The number of unbranched alkanes of at least 4 members (excludes halogenated alkanes) is 25. The van der Waals surface area contributed by atoms with Gasteiger partial charge in [-0.05, 0) is 89.9 Å². The van der Waals surface area contributed by atoms with Gasteiger partial charge >= 0.3 is 11.9 Å². The summed E-state index contributed by atoms with van der Waals surface area (Å²) < 4.78 is 34.2. The Labute approximate surface area is 443 Å². The summed E-state index contributed by atoms with van der Waals surface area (Å²) >= 11 is 0. The molecule has 0 aromatic carbocycles. The van der Waals surface area contributed by atoms with Crippen LogP contribution in [0, 0.1) is 0 Å².